The van der Waals surface area contributed by atoms with Crippen LogP contribution in [0, 0.1) is 0 Å². The monoisotopic (exact) mass is 356 g/mol. The highest BCUT2D eigenvalue weighted by Gasteiger charge is 2.17. The molecule has 2 aromatic rings. The van der Waals surface area contributed by atoms with E-state index in [2.05, 4.69) is 10.6 Å². The van der Waals surface area contributed by atoms with Crippen molar-refractivity contribution in [3.8, 4) is 5.75 Å². The van der Waals surface area contributed by atoms with Gasteiger partial charge in [0.05, 0.1) is 0 Å². The first-order valence-electron chi connectivity index (χ1n) is 8.82. The molecule has 0 aliphatic heterocycles. The van der Waals surface area contributed by atoms with E-state index in [-0.39, 0.29) is 6.04 Å². The van der Waals surface area contributed by atoms with Crippen LogP contribution in [0.2, 0.25) is 0 Å². The minimum atomic E-state index is -0.493. The van der Waals surface area contributed by atoms with Gasteiger partial charge in [0.1, 0.15) is 18.0 Å². The number of carbonyl (C=O) groups excluding carboxylic acids is 1. The van der Waals surface area contributed by atoms with Crippen LogP contribution in [0.4, 0.5) is 10.5 Å². The average molecular weight is 356 g/mol. The van der Waals surface area contributed by atoms with Crippen molar-refractivity contribution in [1.29, 1.82) is 0 Å². The number of hydrogen-bond acceptors (Lipinski definition) is 4. The molecule has 0 aliphatic rings. The topological polar surface area (TPSA) is 59.6 Å². The highest BCUT2D eigenvalue weighted by molar-refractivity contribution is 5.68. The molecule has 0 bridgehead atoms. The smallest absolute Gasteiger partial charge is 0.407 e. The lowest BCUT2D eigenvalue weighted by Crippen LogP contribution is -2.40. The first-order valence-corrected chi connectivity index (χ1v) is 8.82. The average Bonchev–Trinajstić information content (AvgIpc) is 2.58. The van der Waals surface area contributed by atoms with E-state index in [0.717, 1.165) is 17.0 Å². The maximum Gasteiger partial charge on any atom is 0.407 e. The Morgan fingerprint density at radius 3 is 2.31 bits per heavy atom. The molecule has 140 valence electrons. The summed E-state index contributed by atoms with van der Waals surface area (Å²) in [6, 6.07) is 17.8. The van der Waals surface area contributed by atoms with Crippen molar-refractivity contribution in [3.05, 3.63) is 60.2 Å². The standard InChI is InChI=1S/C21H28N2O3/c1-16(23-20(24)26-21(2,3)4)14-22-18-10-12-19(13-11-18)25-15-17-8-6-5-7-9-17/h5-13,16,22H,14-15H2,1-4H3,(H,23,24)/t16-/m0/s1. The van der Waals surface area contributed by atoms with Crippen LogP contribution in [0.15, 0.2) is 54.6 Å². The highest BCUT2D eigenvalue weighted by atomic mass is 16.6. The van der Waals surface area contributed by atoms with Crippen LogP contribution in [-0.4, -0.2) is 24.3 Å². The number of ether oxygens (including phenoxy) is 2. The number of benzene rings is 2. The van der Waals surface area contributed by atoms with Crippen molar-refractivity contribution < 1.29 is 14.3 Å². The Morgan fingerprint density at radius 2 is 1.69 bits per heavy atom. The van der Waals surface area contributed by atoms with Gasteiger partial charge in [-0.05, 0) is 57.5 Å². The van der Waals surface area contributed by atoms with E-state index < -0.39 is 11.7 Å². The molecule has 1 atom stereocenters. The van der Waals surface area contributed by atoms with Gasteiger partial charge < -0.3 is 20.1 Å². The van der Waals surface area contributed by atoms with Crippen molar-refractivity contribution in [2.24, 2.45) is 0 Å². The minimum absolute atomic E-state index is 0.0566. The molecule has 0 aliphatic carbocycles. The summed E-state index contributed by atoms with van der Waals surface area (Å²) in [5.74, 6) is 0.819. The normalized spacial score (nSPS) is 12.2. The second-order valence-electron chi connectivity index (χ2n) is 7.23. The van der Waals surface area contributed by atoms with Crippen LogP contribution in [-0.2, 0) is 11.3 Å². The lowest BCUT2D eigenvalue weighted by molar-refractivity contribution is 0.0511. The van der Waals surface area contributed by atoms with Gasteiger partial charge in [-0.1, -0.05) is 30.3 Å². The lowest BCUT2D eigenvalue weighted by Gasteiger charge is -2.22. The molecule has 0 radical (unpaired) electrons. The molecule has 0 aromatic heterocycles. The van der Waals surface area contributed by atoms with Crippen LogP contribution >= 0.6 is 0 Å². The number of rotatable bonds is 7. The summed E-state index contributed by atoms with van der Waals surface area (Å²) in [5, 5.41) is 6.10. The summed E-state index contributed by atoms with van der Waals surface area (Å²) in [7, 11) is 0. The van der Waals surface area contributed by atoms with Crippen LogP contribution in [0.1, 0.15) is 33.3 Å². The molecule has 2 rings (SSSR count). The number of nitrogens with one attached hydrogen (secondary N) is 2. The SMILES string of the molecule is C[C@@H](CNc1ccc(OCc2ccccc2)cc1)NC(=O)OC(C)(C)C. The van der Waals surface area contributed by atoms with Gasteiger partial charge in [0.15, 0.2) is 0 Å². The van der Waals surface area contributed by atoms with Crippen LogP contribution < -0.4 is 15.4 Å². The summed E-state index contributed by atoms with van der Waals surface area (Å²) < 4.78 is 11.0. The fourth-order valence-electron chi connectivity index (χ4n) is 2.24. The second-order valence-corrected chi connectivity index (χ2v) is 7.23. The molecule has 0 saturated heterocycles. The van der Waals surface area contributed by atoms with Crippen molar-refractivity contribution in [2.75, 3.05) is 11.9 Å². The Morgan fingerprint density at radius 1 is 1.04 bits per heavy atom. The molecule has 2 N–H and O–H groups in total. The third-order valence-corrected chi connectivity index (χ3v) is 3.48. The van der Waals surface area contributed by atoms with E-state index >= 15 is 0 Å². The summed E-state index contributed by atoms with van der Waals surface area (Å²) >= 11 is 0. The summed E-state index contributed by atoms with van der Waals surface area (Å²) in [6.45, 7) is 8.60. The number of hydrogen-bond donors (Lipinski definition) is 2. The molecule has 5 nitrogen and oxygen atoms in total. The summed E-state index contributed by atoms with van der Waals surface area (Å²) in [6.07, 6.45) is -0.406. The zero-order valence-corrected chi connectivity index (χ0v) is 15.9. The van der Waals surface area contributed by atoms with Gasteiger partial charge in [-0.2, -0.15) is 0 Å². The van der Waals surface area contributed by atoms with E-state index in [4.69, 9.17) is 9.47 Å². The molecular weight excluding hydrogens is 328 g/mol. The Bertz CT molecular complexity index is 679. The zero-order valence-electron chi connectivity index (χ0n) is 15.9. The molecule has 5 heteroatoms. The van der Waals surface area contributed by atoms with Gasteiger partial charge in [-0.25, -0.2) is 4.79 Å². The van der Waals surface area contributed by atoms with E-state index in [0.29, 0.717) is 13.2 Å². The van der Waals surface area contributed by atoms with E-state index in [9.17, 15) is 4.79 Å². The summed E-state index contributed by atoms with van der Waals surface area (Å²) in [5.41, 5.74) is 1.61. The first kappa shape index (κ1) is 19.6. The zero-order chi connectivity index (χ0) is 19.0. The third kappa shape index (κ3) is 7.47. The van der Waals surface area contributed by atoms with E-state index in [1.807, 2.05) is 82.3 Å². The molecule has 26 heavy (non-hydrogen) atoms. The van der Waals surface area contributed by atoms with Crippen molar-refractivity contribution in [3.63, 3.8) is 0 Å². The van der Waals surface area contributed by atoms with Crippen LogP contribution in [0.25, 0.3) is 0 Å². The maximum absolute atomic E-state index is 11.7. The molecule has 0 unspecified atom stereocenters. The molecule has 1 amide bonds. The molecule has 0 heterocycles. The lowest BCUT2D eigenvalue weighted by atomic mass is 10.2. The Balaban J connectivity index is 1.74. The van der Waals surface area contributed by atoms with Gasteiger partial charge in [0.25, 0.3) is 0 Å². The molecule has 0 spiro atoms. The van der Waals surface area contributed by atoms with Gasteiger partial charge >= 0.3 is 6.09 Å². The maximum atomic E-state index is 11.7. The van der Waals surface area contributed by atoms with Crippen molar-refractivity contribution >= 4 is 11.8 Å². The van der Waals surface area contributed by atoms with E-state index in [1.54, 1.807) is 0 Å². The first-order chi connectivity index (χ1) is 12.3. The van der Waals surface area contributed by atoms with Crippen molar-refractivity contribution in [2.45, 2.75) is 45.9 Å². The third-order valence-electron chi connectivity index (χ3n) is 3.48. The molecule has 0 saturated carbocycles. The second kappa shape index (κ2) is 9.13. The number of anilines is 1. The Labute approximate surface area is 155 Å². The van der Waals surface area contributed by atoms with Gasteiger partial charge in [-0.15, -0.1) is 0 Å². The van der Waals surface area contributed by atoms with Crippen molar-refractivity contribution in [1.82, 2.24) is 5.32 Å². The minimum Gasteiger partial charge on any atom is -0.489 e. The fraction of sp³-hybridized carbons (Fsp3) is 0.381. The number of amides is 1. The van der Waals surface area contributed by atoms with Gasteiger partial charge in [0, 0.05) is 18.3 Å². The van der Waals surface area contributed by atoms with E-state index in [1.165, 1.54) is 0 Å². The van der Waals surface area contributed by atoms with Crippen LogP contribution in [0.3, 0.4) is 0 Å². The Hall–Kier alpha value is -2.69. The molecule has 0 fully saturated rings. The van der Waals surface area contributed by atoms with Gasteiger partial charge in [-0.3, -0.25) is 0 Å². The predicted octanol–water partition coefficient (Wildman–Crippen LogP) is 4.59. The Kier molecular flexibility index (Phi) is 6.89. The summed E-state index contributed by atoms with van der Waals surface area (Å²) in [4.78, 5) is 11.7. The fourth-order valence-corrected chi connectivity index (χ4v) is 2.24. The molecule has 2 aromatic carbocycles. The predicted molar refractivity (Wildman–Crippen MR) is 105 cm³/mol. The number of alkyl carbamates (subject to hydrolysis) is 1. The van der Waals surface area contributed by atoms with Gasteiger partial charge in [0.2, 0.25) is 0 Å². The van der Waals surface area contributed by atoms with Crippen LogP contribution in [0.5, 0.6) is 5.75 Å². The molecular formula is C21H28N2O3. The highest BCUT2D eigenvalue weighted by Crippen LogP contribution is 2.17. The largest absolute Gasteiger partial charge is 0.489 e. The quantitative estimate of drug-likeness (QED) is 0.762. The number of carbonyl (C=O) groups is 1.